The van der Waals surface area contributed by atoms with E-state index in [-0.39, 0.29) is 17.2 Å². The van der Waals surface area contributed by atoms with Gasteiger partial charge in [-0.2, -0.15) is 0 Å². The number of nitrogens with zero attached hydrogens (tertiary/aromatic N) is 1. The van der Waals surface area contributed by atoms with Crippen molar-refractivity contribution in [3.63, 3.8) is 0 Å². The molecule has 182 valence electrons. The number of anilines is 1. The molecule has 2 aromatic rings. The van der Waals surface area contributed by atoms with Crippen LogP contribution in [0.1, 0.15) is 16.7 Å². The summed E-state index contributed by atoms with van der Waals surface area (Å²) in [5.41, 5.74) is 2.63. The Bertz CT molecular complexity index is 1200. The summed E-state index contributed by atoms with van der Waals surface area (Å²) < 4.78 is 10.7. The highest BCUT2D eigenvalue weighted by Gasteiger charge is 2.35. The summed E-state index contributed by atoms with van der Waals surface area (Å²) in [4.78, 5) is 49.3. The molecule has 0 unspecified atom stereocenters. The first-order valence-electron chi connectivity index (χ1n) is 10.6. The molecule has 1 aliphatic rings. The predicted molar refractivity (Wildman–Crippen MR) is 128 cm³/mol. The quantitative estimate of drug-likeness (QED) is 0.271. The van der Waals surface area contributed by atoms with Crippen molar-refractivity contribution in [1.82, 2.24) is 10.2 Å². The molecular weight excluding hydrogens is 454 g/mol. The van der Waals surface area contributed by atoms with Gasteiger partial charge in [0, 0.05) is 11.3 Å². The minimum absolute atomic E-state index is 0.0241. The van der Waals surface area contributed by atoms with E-state index >= 15 is 0 Å². The molecule has 35 heavy (non-hydrogen) atoms. The third-order valence-electron chi connectivity index (χ3n) is 4.99. The molecule has 10 heteroatoms. The number of carbonyl (C=O) groups excluding carboxylic acids is 3. The molecule has 3 N–H and O–H groups in total. The second kappa shape index (κ2) is 11.0. The number of rotatable bonds is 10. The minimum atomic E-state index is -1.14. The average Bonchev–Trinajstić information content (AvgIpc) is 3.06. The van der Waals surface area contributed by atoms with Crippen LogP contribution in [-0.4, -0.2) is 54.1 Å². The standard InChI is InChI=1S/C25H25N3O7/c1-4-5-17-10-16(12-20(34-3)23(17)35-14-22(30)31)11-19-24(32)28(25(33)27-19)13-21(29)26-18-8-6-15(2)7-9-18/h4,6-12H,1,5,13-14H2,2-3H3,(H,26,29)(H,27,33)(H,30,31)/b19-11+. The van der Waals surface area contributed by atoms with Crippen LogP contribution in [0.4, 0.5) is 10.5 Å². The van der Waals surface area contributed by atoms with Crippen molar-refractivity contribution in [2.24, 2.45) is 0 Å². The lowest BCUT2D eigenvalue weighted by molar-refractivity contribution is -0.139. The summed E-state index contributed by atoms with van der Waals surface area (Å²) in [6, 6.07) is 9.60. The molecule has 3 rings (SSSR count). The molecule has 0 spiro atoms. The van der Waals surface area contributed by atoms with Crippen molar-refractivity contribution < 1.29 is 33.8 Å². The van der Waals surface area contributed by atoms with Crippen LogP contribution in [0.5, 0.6) is 11.5 Å². The van der Waals surface area contributed by atoms with Gasteiger partial charge in [0.15, 0.2) is 18.1 Å². The van der Waals surface area contributed by atoms with E-state index in [1.54, 1.807) is 30.3 Å². The van der Waals surface area contributed by atoms with Crippen LogP contribution in [0.2, 0.25) is 0 Å². The van der Waals surface area contributed by atoms with Crippen LogP contribution in [0, 0.1) is 6.92 Å². The second-order valence-corrected chi connectivity index (χ2v) is 7.68. The highest BCUT2D eigenvalue weighted by molar-refractivity contribution is 6.16. The lowest BCUT2D eigenvalue weighted by atomic mass is 10.0. The summed E-state index contributed by atoms with van der Waals surface area (Å²) >= 11 is 0. The molecule has 0 aliphatic carbocycles. The molecule has 0 saturated carbocycles. The molecule has 1 heterocycles. The number of allylic oxidation sites excluding steroid dienone is 1. The summed E-state index contributed by atoms with van der Waals surface area (Å²) in [6.45, 7) is 4.59. The first-order chi connectivity index (χ1) is 16.7. The number of hydrogen-bond acceptors (Lipinski definition) is 6. The Morgan fingerprint density at radius 2 is 1.91 bits per heavy atom. The van der Waals surface area contributed by atoms with Gasteiger partial charge in [0.1, 0.15) is 12.2 Å². The smallest absolute Gasteiger partial charge is 0.341 e. The first-order valence-corrected chi connectivity index (χ1v) is 10.6. The van der Waals surface area contributed by atoms with Crippen LogP contribution in [-0.2, 0) is 20.8 Å². The third-order valence-corrected chi connectivity index (χ3v) is 4.99. The number of aryl methyl sites for hydroxylation is 1. The Morgan fingerprint density at radius 3 is 2.54 bits per heavy atom. The molecule has 2 aromatic carbocycles. The van der Waals surface area contributed by atoms with Crippen LogP contribution >= 0.6 is 0 Å². The number of imide groups is 1. The van der Waals surface area contributed by atoms with Gasteiger partial charge in [0.25, 0.3) is 5.91 Å². The number of hydrogen-bond donors (Lipinski definition) is 3. The normalized spacial score (nSPS) is 14.0. The number of aliphatic carboxylic acids is 1. The van der Waals surface area contributed by atoms with Gasteiger partial charge in [0.2, 0.25) is 5.91 Å². The molecule has 1 aliphatic heterocycles. The van der Waals surface area contributed by atoms with Crippen molar-refractivity contribution in [1.29, 1.82) is 0 Å². The lowest BCUT2D eigenvalue weighted by Crippen LogP contribution is -2.38. The largest absolute Gasteiger partial charge is 0.493 e. The maximum Gasteiger partial charge on any atom is 0.341 e. The van der Waals surface area contributed by atoms with E-state index in [1.165, 1.54) is 13.2 Å². The van der Waals surface area contributed by atoms with E-state index in [0.717, 1.165) is 10.5 Å². The molecule has 4 amide bonds. The fourth-order valence-corrected chi connectivity index (χ4v) is 3.39. The fourth-order valence-electron chi connectivity index (χ4n) is 3.39. The van der Waals surface area contributed by atoms with E-state index in [4.69, 9.17) is 14.6 Å². The van der Waals surface area contributed by atoms with Gasteiger partial charge in [-0.25, -0.2) is 14.5 Å². The van der Waals surface area contributed by atoms with Crippen molar-refractivity contribution in [3.8, 4) is 11.5 Å². The average molecular weight is 479 g/mol. The third kappa shape index (κ3) is 6.26. The molecule has 1 saturated heterocycles. The second-order valence-electron chi connectivity index (χ2n) is 7.68. The predicted octanol–water partition coefficient (Wildman–Crippen LogP) is 2.73. The molecule has 1 fully saturated rings. The monoisotopic (exact) mass is 479 g/mol. The summed E-state index contributed by atoms with van der Waals surface area (Å²) in [6.07, 6.45) is 3.39. The molecule has 0 aromatic heterocycles. The van der Waals surface area contributed by atoms with Crippen LogP contribution in [0.3, 0.4) is 0 Å². The fraction of sp³-hybridized carbons (Fsp3) is 0.200. The van der Waals surface area contributed by atoms with Gasteiger partial charge in [-0.05, 0) is 49.2 Å². The van der Waals surface area contributed by atoms with E-state index in [0.29, 0.717) is 23.2 Å². The SMILES string of the molecule is C=CCc1cc(/C=C2/NC(=O)N(CC(=O)Nc3ccc(C)cc3)C2=O)cc(OC)c1OCC(=O)O. The van der Waals surface area contributed by atoms with Crippen LogP contribution in [0.25, 0.3) is 6.08 Å². The highest BCUT2D eigenvalue weighted by atomic mass is 16.5. The van der Waals surface area contributed by atoms with Crippen molar-refractivity contribution in [2.45, 2.75) is 13.3 Å². The minimum Gasteiger partial charge on any atom is -0.493 e. The van der Waals surface area contributed by atoms with E-state index in [2.05, 4.69) is 17.2 Å². The summed E-state index contributed by atoms with van der Waals surface area (Å²) in [5.74, 6) is -1.83. The van der Waals surface area contributed by atoms with Crippen molar-refractivity contribution in [3.05, 3.63) is 71.4 Å². The number of amides is 4. The number of ether oxygens (including phenoxy) is 2. The highest BCUT2D eigenvalue weighted by Crippen LogP contribution is 2.34. The molecule has 0 radical (unpaired) electrons. The Hall–Kier alpha value is -4.60. The number of carboxylic acids is 1. The van der Waals surface area contributed by atoms with Gasteiger partial charge in [-0.15, -0.1) is 6.58 Å². The number of nitrogens with one attached hydrogen (secondary N) is 2. The first kappa shape index (κ1) is 25.0. The van der Waals surface area contributed by atoms with Gasteiger partial charge in [-0.1, -0.05) is 23.8 Å². The molecular formula is C25H25N3O7. The number of benzene rings is 2. The Morgan fingerprint density at radius 1 is 1.20 bits per heavy atom. The summed E-state index contributed by atoms with van der Waals surface area (Å²) in [7, 11) is 1.40. The number of carbonyl (C=O) groups is 4. The Labute approximate surface area is 201 Å². The van der Waals surface area contributed by atoms with Gasteiger partial charge in [-0.3, -0.25) is 9.59 Å². The van der Waals surface area contributed by atoms with Gasteiger partial charge < -0.3 is 25.2 Å². The number of carboxylic acid groups (broad SMARTS) is 1. The molecule has 10 nitrogen and oxygen atoms in total. The lowest BCUT2D eigenvalue weighted by Gasteiger charge is -2.15. The van der Waals surface area contributed by atoms with Crippen molar-refractivity contribution >= 4 is 35.6 Å². The maximum atomic E-state index is 12.8. The van der Waals surface area contributed by atoms with Crippen LogP contribution < -0.4 is 20.1 Å². The Balaban J connectivity index is 1.80. The maximum absolute atomic E-state index is 12.8. The van der Waals surface area contributed by atoms with E-state index in [9.17, 15) is 19.2 Å². The zero-order chi connectivity index (χ0) is 25.5. The zero-order valence-electron chi connectivity index (χ0n) is 19.3. The van der Waals surface area contributed by atoms with E-state index in [1.807, 2.05) is 19.1 Å². The topological polar surface area (TPSA) is 134 Å². The Kier molecular flexibility index (Phi) is 7.88. The molecule has 0 atom stereocenters. The molecule has 0 bridgehead atoms. The van der Waals surface area contributed by atoms with E-state index < -0.39 is 37.0 Å². The summed E-state index contributed by atoms with van der Waals surface area (Å²) in [5, 5.41) is 14.1. The zero-order valence-corrected chi connectivity index (χ0v) is 19.3. The number of methoxy groups -OCH3 is 1. The number of urea groups is 1. The van der Waals surface area contributed by atoms with Gasteiger partial charge in [0.05, 0.1) is 7.11 Å². The van der Waals surface area contributed by atoms with Gasteiger partial charge >= 0.3 is 12.0 Å². The van der Waals surface area contributed by atoms with Crippen LogP contribution in [0.15, 0.2) is 54.8 Å². The van der Waals surface area contributed by atoms with Crippen molar-refractivity contribution in [2.75, 3.05) is 25.6 Å².